The summed E-state index contributed by atoms with van der Waals surface area (Å²) in [5.74, 6) is 1.24. The van der Waals surface area contributed by atoms with Crippen LogP contribution < -0.4 is 5.73 Å². The highest BCUT2D eigenvalue weighted by molar-refractivity contribution is 6.42. The maximum absolute atomic E-state index is 6.16. The average Bonchev–Trinajstić information content (AvgIpc) is 3.14. The van der Waals surface area contributed by atoms with E-state index < -0.39 is 0 Å². The number of anilines is 1. The van der Waals surface area contributed by atoms with Gasteiger partial charge in [-0.05, 0) is 54.4 Å². The summed E-state index contributed by atoms with van der Waals surface area (Å²) in [6, 6.07) is 13.2. The van der Waals surface area contributed by atoms with Crippen LogP contribution in [0, 0.1) is 6.92 Å². The molecule has 0 aliphatic carbocycles. The third-order valence-electron chi connectivity index (χ3n) is 4.12. The van der Waals surface area contributed by atoms with E-state index in [1.165, 1.54) is 0 Å². The number of nitrogens with zero attached hydrogens (tertiary/aromatic N) is 4. The molecule has 0 spiro atoms. The van der Waals surface area contributed by atoms with Gasteiger partial charge in [-0.3, -0.25) is 4.57 Å². The van der Waals surface area contributed by atoms with E-state index in [1.54, 1.807) is 24.7 Å². The average molecular weight is 396 g/mol. The summed E-state index contributed by atoms with van der Waals surface area (Å²) in [6.45, 7) is 1.95. The predicted molar refractivity (Wildman–Crippen MR) is 109 cm³/mol. The van der Waals surface area contributed by atoms with Crippen molar-refractivity contribution >= 4 is 29.0 Å². The van der Waals surface area contributed by atoms with Gasteiger partial charge >= 0.3 is 0 Å². The van der Waals surface area contributed by atoms with Crippen molar-refractivity contribution in [3.8, 4) is 28.2 Å². The normalized spacial score (nSPS) is 10.9. The minimum Gasteiger partial charge on any atom is -0.384 e. The molecule has 3 aromatic heterocycles. The third-order valence-corrected chi connectivity index (χ3v) is 4.86. The summed E-state index contributed by atoms with van der Waals surface area (Å²) in [7, 11) is 0. The number of nitrogens with two attached hydrogens (primary N) is 1. The second-order valence-electron chi connectivity index (χ2n) is 6.12. The van der Waals surface area contributed by atoms with Crippen molar-refractivity contribution in [1.82, 2.24) is 19.5 Å². The molecule has 0 unspecified atom stereocenters. The zero-order valence-corrected chi connectivity index (χ0v) is 15.9. The molecule has 4 aromatic rings. The summed E-state index contributed by atoms with van der Waals surface area (Å²) >= 11 is 12.2. The zero-order valence-electron chi connectivity index (χ0n) is 14.4. The highest BCUT2D eigenvalue weighted by Crippen LogP contribution is 2.30. The summed E-state index contributed by atoms with van der Waals surface area (Å²) < 4.78 is 1.87. The lowest BCUT2D eigenvalue weighted by atomic mass is 10.1. The largest absolute Gasteiger partial charge is 0.384 e. The van der Waals surface area contributed by atoms with Crippen LogP contribution in [0.5, 0.6) is 0 Å². The summed E-state index contributed by atoms with van der Waals surface area (Å²) in [4.78, 5) is 13.2. The van der Waals surface area contributed by atoms with Crippen molar-refractivity contribution in [2.45, 2.75) is 6.92 Å². The third kappa shape index (κ3) is 3.65. The van der Waals surface area contributed by atoms with E-state index in [9.17, 15) is 0 Å². The van der Waals surface area contributed by atoms with Crippen LogP contribution >= 0.6 is 23.2 Å². The van der Waals surface area contributed by atoms with Gasteiger partial charge < -0.3 is 5.73 Å². The molecule has 0 fully saturated rings. The minimum absolute atomic E-state index is 0.477. The van der Waals surface area contributed by atoms with Crippen LogP contribution in [0.3, 0.4) is 0 Å². The fourth-order valence-electron chi connectivity index (χ4n) is 2.78. The van der Waals surface area contributed by atoms with Gasteiger partial charge in [0, 0.05) is 23.7 Å². The molecule has 2 N–H and O–H groups in total. The van der Waals surface area contributed by atoms with Crippen LogP contribution in [0.25, 0.3) is 28.2 Å². The van der Waals surface area contributed by atoms with E-state index in [0.29, 0.717) is 15.9 Å². The highest BCUT2D eigenvalue weighted by atomic mass is 35.5. The van der Waals surface area contributed by atoms with Gasteiger partial charge in [0.1, 0.15) is 18.0 Å². The van der Waals surface area contributed by atoms with Crippen molar-refractivity contribution in [3.05, 3.63) is 76.9 Å². The Labute approximate surface area is 166 Å². The fourth-order valence-corrected chi connectivity index (χ4v) is 3.08. The quantitative estimate of drug-likeness (QED) is 0.517. The number of pyridine rings is 2. The van der Waals surface area contributed by atoms with E-state index in [1.807, 2.05) is 48.0 Å². The SMILES string of the molecule is Cc1cc(-c2ccc(Cl)c(Cl)c2)cc(-n2cnc(-c3ccc(N)nc3)c2)n1. The molecule has 0 radical (unpaired) electrons. The van der Waals surface area contributed by atoms with Gasteiger partial charge in [0.15, 0.2) is 0 Å². The lowest BCUT2D eigenvalue weighted by Gasteiger charge is -2.08. The van der Waals surface area contributed by atoms with Crippen LogP contribution in [0.1, 0.15) is 5.69 Å². The Morgan fingerprint density at radius 2 is 1.70 bits per heavy atom. The molecule has 0 aliphatic heterocycles. The Morgan fingerprint density at radius 1 is 0.889 bits per heavy atom. The maximum Gasteiger partial charge on any atom is 0.138 e. The van der Waals surface area contributed by atoms with Gasteiger partial charge in [-0.25, -0.2) is 15.0 Å². The first-order valence-corrected chi connectivity index (χ1v) is 8.95. The maximum atomic E-state index is 6.16. The van der Waals surface area contributed by atoms with Crippen molar-refractivity contribution in [2.75, 3.05) is 5.73 Å². The lowest BCUT2D eigenvalue weighted by Crippen LogP contribution is -1.97. The first-order valence-electron chi connectivity index (χ1n) is 8.20. The summed E-state index contributed by atoms with van der Waals surface area (Å²) in [6.07, 6.45) is 5.34. The Hall–Kier alpha value is -2.89. The lowest BCUT2D eigenvalue weighted by molar-refractivity contribution is 0.976. The topological polar surface area (TPSA) is 69.6 Å². The summed E-state index contributed by atoms with van der Waals surface area (Å²) in [5, 5.41) is 1.05. The molecule has 4 rings (SSSR count). The Morgan fingerprint density at radius 3 is 2.44 bits per heavy atom. The smallest absolute Gasteiger partial charge is 0.138 e. The number of benzene rings is 1. The van der Waals surface area contributed by atoms with Crippen molar-refractivity contribution in [3.63, 3.8) is 0 Å². The molecule has 0 saturated heterocycles. The van der Waals surface area contributed by atoms with Crippen molar-refractivity contribution in [2.24, 2.45) is 0 Å². The molecule has 5 nitrogen and oxygen atoms in total. The van der Waals surface area contributed by atoms with Gasteiger partial charge in [-0.15, -0.1) is 0 Å². The number of rotatable bonds is 3. The number of aromatic nitrogens is 4. The zero-order chi connectivity index (χ0) is 19.0. The molecule has 1 aromatic carbocycles. The minimum atomic E-state index is 0.477. The molecular formula is C20H15Cl2N5. The molecular weight excluding hydrogens is 381 g/mol. The van der Waals surface area contributed by atoms with E-state index >= 15 is 0 Å². The Bertz CT molecular complexity index is 1120. The van der Waals surface area contributed by atoms with Crippen LogP contribution in [-0.2, 0) is 0 Å². The molecule has 0 saturated carbocycles. The molecule has 0 atom stereocenters. The highest BCUT2D eigenvalue weighted by Gasteiger charge is 2.09. The molecule has 0 bridgehead atoms. The molecule has 0 aliphatic rings. The van der Waals surface area contributed by atoms with Crippen LogP contribution in [-0.4, -0.2) is 19.5 Å². The molecule has 7 heteroatoms. The van der Waals surface area contributed by atoms with E-state index in [2.05, 4.69) is 15.0 Å². The van der Waals surface area contributed by atoms with Gasteiger partial charge in [-0.2, -0.15) is 0 Å². The van der Waals surface area contributed by atoms with Gasteiger partial charge in [-0.1, -0.05) is 29.3 Å². The molecule has 27 heavy (non-hydrogen) atoms. The molecule has 3 heterocycles. The van der Waals surface area contributed by atoms with E-state index in [-0.39, 0.29) is 0 Å². The van der Waals surface area contributed by atoms with E-state index in [0.717, 1.165) is 33.9 Å². The first kappa shape index (κ1) is 17.5. The predicted octanol–water partition coefficient (Wildman–Crippen LogP) is 5.19. The van der Waals surface area contributed by atoms with E-state index in [4.69, 9.17) is 28.9 Å². The number of hydrogen-bond donors (Lipinski definition) is 1. The van der Waals surface area contributed by atoms with Crippen LogP contribution in [0.2, 0.25) is 10.0 Å². The standard InChI is InChI=1S/C20H15Cl2N5/c1-12-6-15(13-2-4-16(21)17(22)7-13)8-20(26-12)27-10-18(25-11-27)14-3-5-19(23)24-9-14/h2-11H,1H3,(H2,23,24). The first-order chi connectivity index (χ1) is 13.0. The monoisotopic (exact) mass is 395 g/mol. The number of hydrogen-bond acceptors (Lipinski definition) is 4. The van der Waals surface area contributed by atoms with Crippen LogP contribution in [0.15, 0.2) is 61.2 Å². The Balaban J connectivity index is 1.73. The second kappa shape index (κ2) is 7.02. The number of imidazole rings is 1. The second-order valence-corrected chi connectivity index (χ2v) is 6.94. The van der Waals surface area contributed by atoms with Gasteiger partial charge in [0.25, 0.3) is 0 Å². The summed E-state index contributed by atoms with van der Waals surface area (Å²) in [5.41, 5.74) is 10.2. The Kier molecular flexibility index (Phi) is 4.56. The number of nitrogen functional groups attached to an aromatic ring is 1. The molecule has 0 amide bonds. The fraction of sp³-hybridized carbons (Fsp3) is 0.0500. The van der Waals surface area contributed by atoms with Gasteiger partial charge in [0.2, 0.25) is 0 Å². The van der Waals surface area contributed by atoms with Crippen LogP contribution in [0.4, 0.5) is 5.82 Å². The van der Waals surface area contributed by atoms with Crippen molar-refractivity contribution in [1.29, 1.82) is 0 Å². The molecule has 134 valence electrons. The van der Waals surface area contributed by atoms with Crippen molar-refractivity contribution < 1.29 is 0 Å². The van der Waals surface area contributed by atoms with Gasteiger partial charge in [0.05, 0.1) is 15.7 Å². The number of halogens is 2. The number of aryl methyl sites for hydroxylation is 1.